The fraction of sp³-hybridized carbons (Fsp3) is 0.462. The fourth-order valence-corrected chi connectivity index (χ4v) is 1.92. The molecule has 1 heterocycles. The normalized spacial score (nSPS) is 12.7. The molecule has 0 aliphatic carbocycles. The van der Waals surface area contributed by atoms with Crippen LogP contribution in [0.1, 0.15) is 38.1 Å². The first-order chi connectivity index (χ1) is 9.10. The van der Waals surface area contributed by atoms with Gasteiger partial charge in [-0.1, -0.05) is 11.6 Å². The largest absolute Gasteiger partial charge is 0.350 e. The van der Waals surface area contributed by atoms with Crippen molar-refractivity contribution in [3.8, 4) is 0 Å². The van der Waals surface area contributed by atoms with E-state index in [-0.39, 0.29) is 22.2 Å². The molecule has 0 fully saturated rings. The first-order valence-corrected chi connectivity index (χ1v) is 7.21. The summed E-state index contributed by atoms with van der Waals surface area (Å²) in [6.45, 7) is 7.22. The third kappa shape index (κ3) is 5.09. The molecule has 0 aliphatic heterocycles. The number of hydrogen-bond acceptors (Lipinski definition) is 3. The maximum Gasteiger partial charge on any atom is 0.255 e. The summed E-state index contributed by atoms with van der Waals surface area (Å²) in [6, 6.07) is 0.885. The second kappa shape index (κ2) is 6.54. The third-order valence-corrected chi connectivity index (χ3v) is 3.02. The molecule has 1 aromatic rings. The van der Waals surface area contributed by atoms with E-state index in [0.717, 1.165) is 0 Å². The second-order valence-corrected chi connectivity index (χ2v) is 6.70. The van der Waals surface area contributed by atoms with Gasteiger partial charge in [0, 0.05) is 16.2 Å². The Labute approximate surface area is 131 Å². The average molecular weight is 363 g/mol. The van der Waals surface area contributed by atoms with E-state index in [2.05, 4.69) is 31.5 Å². The lowest BCUT2D eigenvalue weighted by Crippen LogP contribution is -2.50. The number of carbonyl (C=O) groups is 2. The summed E-state index contributed by atoms with van der Waals surface area (Å²) in [6.07, 6.45) is 1.49. The molecule has 0 spiro atoms. The zero-order valence-corrected chi connectivity index (χ0v) is 14.1. The van der Waals surface area contributed by atoms with E-state index in [0.29, 0.717) is 4.47 Å². The van der Waals surface area contributed by atoms with Gasteiger partial charge in [-0.3, -0.25) is 9.59 Å². The lowest BCUT2D eigenvalue weighted by Gasteiger charge is -2.23. The number of pyridine rings is 1. The molecule has 1 atom stereocenters. The molecular formula is C13H17BrClN3O2. The van der Waals surface area contributed by atoms with Crippen LogP contribution in [0.4, 0.5) is 0 Å². The van der Waals surface area contributed by atoms with Crippen LogP contribution >= 0.6 is 27.5 Å². The topological polar surface area (TPSA) is 71.1 Å². The van der Waals surface area contributed by atoms with Crippen LogP contribution in [0.5, 0.6) is 0 Å². The lowest BCUT2D eigenvalue weighted by molar-refractivity contribution is -0.124. The van der Waals surface area contributed by atoms with Gasteiger partial charge in [-0.2, -0.15) is 0 Å². The van der Waals surface area contributed by atoms with Crippen molar-refractivity contribution in [3.63, 3.8) is 0 Å². The molecule has 0 radical (unpaired) electrons. The molecule has 0 saturated carbocycles. The van der Waals surface area contributed by atoms with Gasteiger partial charge in [0.05, 0.1) is 5.56 Å². The van der Waals surface area contributed by atoms with Crippen molar-refractivity contribution in [2.45, 2.75) is 39.3 Å². The van der Waals surface area contributed by atoms with E-state index >= 15 is 0 Å². The van der Waals surface area contributed by atoms with Crippen LogP contribution < -0.4 is 10.6 Å². The summed E-state index contributed by atoms with van der Waals surface area (Å²) in [4.78, 5) is 27.8. The number of rotatable bonds is 3. The Balaban J connectivity index is 2.75. The molecule has 1 aromatic heterocycles. The van der Waals surface area contributed by atoms with Gasteiger partial charge >= 0.3 is 0 Å². The molecule has 5 nitrogen and oxygen atoms in total. The highest BCUT2D eigenvalue weighted by Gasteiger charge is 2.22. The summed E-state index contributed by atoms with van der Waals surface area (Å²) < 4.78 is 0.638. The molecule has 2 N–H and O–H groups in total. The van der Waals surface area contributed by atoms with Crippen LogP contribution in [0.2, 0.25) is 5.15 Å². The van der Waals surface area contributed by atoms with E-state index in [9.17, 15) is 9.59 Å². The zero-order chi connectivity index (χ0) is 15.5. The number of carbonyl (C=O) groups excluding carboxylic acids is 2. The van der Waals surface area contributed by atoms with Crippen molar-refractivity contribution in [2.24, 2.45) is 0 Å². The minimum atomic E-state index is -0.670. The molecule has 0 saturated heterocycles. The molecule has 1 unspecified atom stereocenters. The highest BCUT2D eigenvalue weighted by molar-refractivity contribution is 9.10. The summed E-state index contributed by atoms with van der Waals surface area (Å²) >= 11 is 9.09. The minimum Gasteiger partial charge on any atom is -0.350 e. The quantitative estimate of drug-likeness (QED) is 0.812. The van der Waals surface area contributed by atoms with Crippen LogP contribution in [0.3, 0.4) is 0 Å². The SMILES string of the molecule is CC(NC(=O)c1cc(Br)cnc1Cl)C(=O)NC(C)(C)C. The Kier molecular flexibility index (Phi) is 5.53. The van der Waals surface area contributed by atoms with Crippen molar-refractivity contribution >= 4 is 39.3 Å². The number of hydrogen-bond donors (Lipinski definition) is 2. The van der Waals surface area contributed by atoms with Gasteiger partial charge in [0.15, 0.2) is 0 Å². The van der Waals surface area contributed by atoms with Crippen molar-refractivity contribution in [1.29, 1.82) is 0 Å². The Morgan fingerprint density at radius 3 is 2.55 bits per heavy atom. The van der Waals surface area contributed by atoms with E-state index in [4.69, 9.17) is 11.6 Å². The Bertz CT molecular complexity index is 529. The summed E-state index contributed by atoms with van der Waals surface area (Å²) in [5.74, 6) is -0.703. The van der Waals surface area contributed by atoms with Crippen LogP contribution in [0.25, 0.3) is 0 Å². The lowest BCUT2D eigenvalue weighted by atomic mass is 10.1. The van der Waals surface area contributed by atoms with E-state index in [1.807, 2.05) is 20.8 Å². The maximum atomic E-state index is 12.1. The zero-order valence-electron chi connectivity index (χ0n) is 11.8. The van der Waals surface area contributed by atoms with E-state index in [1.165, 1.54) is 6.20 Å². The van der Waals surface area contributed by atoms with Crippen LogP contribution in [-0.4, -0.2) is 28.4 Å². The average Bonchev–Trinajstić information content (AvgIpc) is 2.29. The van der Waals surface area contributed by atoms with Crippen LogP contribution in [-0.2, 0) is 4.79 Å². The first kappa shape index (κ1) is 16.9. The van der Waals surface area contributed by atoms with Gasteiger partial charge in [-0.05, 0) is 49.7 Å². The monoisotopic (exact) mass is 361 g/mol. The van der Waals surface area contributed by atoms with E-state index in [1.54, 1.807) is 13.0 Å². The van der Waals surface area contributed by atoms with Crippen LogP contribution in [0, 0.1) is 0 Å². The van der Waals surface area contributed by atoms with Crippen molar-refractivity contribution < 1.29 is 9.59 Å². The minimum absolute atomic E-state index is 0.0918. The van der Waals surface area contributed by atoms with Crippen molar-refractivity contribution in [1.82, 2.24) is 15.6 Å². The molecule has 7 heteroatoms. The summed E-state index contributed by atoms with van der Waals surface area (Å²) in [5, 5.41) is 5.47. The predicted octanol–water partition coefficient (Wildman–Crippen LogP) is 2.53. The Morgan fingerprint density at radius 2 is 2.00 bits per heavy atom. The maximum absolute atomic E-state index is 12.1. The number of nitrogens with zero attached hydrogens (tertiary/aromatic N) is 1. The van der Waals surface area contributed by atoms with Gasteiger partial charge in [-0.15, -0.1) is 0 Å². The first-order valence-electron chi connectivity index (χ1n) is 6.04. The highest BCUT2D eigenvalue weighted by atomic mass is 79.9. The molecule has 0 bridgehead atoms. The third-order valence-electron chi connectivity index (χ3n) is 2.29. The molecular weight excluding hydrogens is 346 g/mol. The number of aromatic nitrogens is 1. The smallest absolute Gasteiger partial charge is 0.255 e. The number of nitrogens with one attached hydrogen (secondary N) is 2. The Hall–Kier alpha value is -1.14. The van der Waals surface area contributed by atoms with E-state index < -0.39 is 11.9 Å². The van der Waals surface area contributed by atoms with Crippen molar-refractivity contribution in [2.75, 3.05) is 0 Å². The standard InChI is InChI=1S/C13H17BrClN3O2/c1-7(11(19)18-13(2,3)4)17-12(20)9-5-8(14)6-16-10(9)15/h5-7H,1-4H3,(H,17,20)(H,18,19). The highest BCUT2D eigenvalue weighted by Crippen LogP contribution is 2.18. The summed E-state index contributed by atoms with van der Waals surface area (Å²) in [5.41, 5.74) is -0.137. The van der Waals surface area contributed by atoms with Crippen molar-refractivity contribution in [3.05, 3.63) is 27.5 Å². The number of amides is 2. The molecule has 0 aromatic carbocycles. The van der Waals surface area contributed by atoms with Gasteiger partial charge < -0.3 is 10.6 Å². The number of halogens is 2. The fourth-order valence-electron chi connectivity index (χ4n) is 1.40. The van der Waals surface area contributed by atoms with Crippen LogP contribution in [0.15, 0.2) is 16.7 Å². The van der Waals surface area contributed by atoms with Gasteiger partial charge in [0.1, 0.15) is 11.2 Å². The molecule has 2 amide bonds. The van der Waals surface area contributed by atoms with Gasteiger partial charge in [-0.25, -0.2) is 4.98 Å². The summed E-state index contributed by atoms with van der Waals surface area (Å²) in [7, 11) is 0. The second-order valence-electron chi connectivity index (χ2n) is 5.43. The molecule has 0 aliphatic rings. The Morgan fingerprint density at radius 1 is 1.40 bits per heavy atom. The molecule has 1 rings (SSSR count). The molecule has 110 valence electrons. The predicted molar refractivity (Wildman–Crippen MR) is 81.8 cm³/mol. The van der Waals surface area contributed by atoms with Gasteiger partial charge in [0.2, 0.25) is 5.91 Å². The van der Waals surface area contributed by atoms with Gasteiger partial charge in [0.25, 0.3) is 5.91 Å². The molecule has 20 heavy (non-hydrogen) atoms.